The van der Waals surface area contributed by atoms with Gasteiger partial charge < -0.3 is 10.1 Å². The lowest BCUT2D eigenvalue weighted by Crippen LogP contribution is -2.29. The second-order valence-corrected chi connectivity index (χ2v) is 12.0. The molecule has 1 heterocycles. The Labute approximate surface area is 237 Å². The minimum atomic E-state index is -3.78. The van der Waals surface area contributed by atoms with Crippen LogP contribution in [0.2, 0.25) is 0 Å². The van der Waals surface area contributed by atoms with Crippen molar-refractivity contribution in [2.45, 2.75) is 30.6 Å². The van der Waals surface area contributed by atoms with E-state index in [0.29, 0.717) is 46.5 Å². The maximum atomic E-state index is 13.0. The summed E-state index contributed by atoms with van der Waals surface area (Å²) in [5, 5.41) is 7.81. The Kier molecular flexibility index (Phi) is 9.52. The molecule has 0 spiro atoms. The number of sulfonamides is 1. The minimum Gasteiger partial charge on any atom is -0.457 e. The molecule has 0 bridgehead atoms. The molecule has 3 aromatic carbocycles. The highest BCUT2D eigenvalue weighted by molar-refractivity contribution is 8.26. The number of ether oxygens (including phenoxy) is 1. The first kappa shape index (κ1) is 28.5. The van der Waals surface area contributed by atoms with Crippen LogP contribution in [0.1, 0.15) is 31.2 Å². The number of carbonyl (C=O) groups is 2. The average Bonchev–Trinajstić information content (AvgIpc) is 3.16. The highest BCUT2D eigenvalue weighted by Crippen LogP contribution is 2.33. The summed E-state index contributed by atoms with van der Waals surface area (Å²) in [5.41, 5.74) is 1.34. The lowest BCUT2D eigenvalue weighted by atomic mass is 10.1. The molecule has 1 saturated heterocycles. The number of amides is 2. The number of nitrogens with one attached hydrogen (secondary N) is 1. The summed E-state index contributed by atoms with van der Waals surface area (Å²) in [6.07, 6.45) is 4.21. The number of unbranched alkanes of at least 4 members (excludes halogenated alkanes) is 2. The van der Waals surface area contributed by atoms with E-state index in [9.17, 15) is 18.0 Å². The van der Waals surface area contributed by atoms with Crippen LogP contribution >= 0.6 is 24.0 Å². The fraction of sp³-hybridized carbons (Fsp3) is 0.179. The summed E-state index contributed by atoms with van der Waals surface area (Å²) in [5.74, 6) is 1.11. The largest absolute Gasteiger partial charge is 0.457 e. The highest BCUT2D eigenvalue weighted by Gasteiger charge is 2.31. The van der Waals surface area contributed by atoms with Crippen LogP contribution in [-0.2, 0) is 19.6 Å². The van der Waals surface area contributed by atoms with E-state index in [1.807, 2.05) is 60.7 Å². The van der Waals surface area contributed by atoms with E-state index in [1.54, 1.807) is 4.90 Å². The molecule has 0 radical (unpaired) electrons. The highest BCUT2D eigenvalue weighted by atomic mass is 32.2. The van der Waals surface area contributed by atoms with E-state index in [1.165, 1.54) is 36.0 Å². The summed E-state index contributed by atoms with van der Waals surface area (Å²) < 4.78 is 29.0. The van der Waals surface area contributed by atoms with Crippen molar-refractivity contribution in [3.05, 3.63) is 89.3 Å². The minimum absolute atomic E-state index is 0.0170. The zero-order valence-corrected chi connectivity index (χ0v) is 23.4. The second kappa shape index (κ2) is 13.0. The first-order valence-corrected chi connectivity index (χ1v) is 15.0. The standard InChI is InChI=1S/C28H27N3O5S3/c29-39(34,35)24-15-13-21(14-16-24)30-26(32)12-5-2-6-17-31-27(33)25(38-28(31)37)19-20-8-7-11-23(18-20)36-22-9-3-1-4-10-22/h1,3-4,7-11,13-16,18-19H,2,5-6,12,17H2,(H,30,32)(H2,29,34,35)/b25-19-. The van der Waals surface area contributed by atoms with Gasteiger partial charge in [-0.3, -0.25) is 14.5 Å². The molecule has 11 heteroatoms. The van der Waals surface area contributed by atoms with Crippen molar-refractivity contribution in [3.63, 3.8) is 0 Å². The zero-order valence-electron chi connectivity index (χ0n) is 20.9. The van der Waals surface area contributed by atoms with Crippen molar-refractivity contribution < 1.29 is 22.7 Å². The van der Waals surface area contributed by atoms with Gasteiger partial charge in [-0.2, -0.15) is 0 Å². The Morgan fingerprint density at radius 1 is 0.974 bits per heavy atom. The van der Waals surface area contributed by atoms with E-state index < -0.39 is 10.0 Å². The molecule has 4 rings (SSSR count). The van der Waals surface area contributed by atoms with E-state index in [0.717, 1.165) is 17.7 Å². The number of hydrogen-bond acceptors (Lipinski definition) is 7. The number of carbonyl (C=O) groups excluding carboxylic acids is 2. The molecule has 202 valence electrons. The molecule has 8 nitrogen and oxygen atoms in total. The number of nitrogens with two attached hydrogens (primary N) is 1. The number of thioether (sulfide) groups is 1. The van der Waals surface area contributed by atoms with Crippen LogP contribution in [0, 0.1) is 0 Å². The van der Waals surface area contributed by atoms with Crippen LogP contribution in [0.15, 0.2) is 88.7 Å². The topological polar surface area (TPSA) is 119 Å². The number of para-hydroxylation sites is 1. The fourth-order valence-electron chi connectivity index (χ4n) is 3.82. The Morgan fingerprint density at radius 2 is 1.69 bits per heavy atom. The third kappa shape index (κ3) is 8.24. The summed E-state index contributed by atoms with van der Waals surface area (Å²) >= 11 is 6.72. The van der Waals surface area contributed by atoms with Crippen molar-refractivity contribution in [1.82, 2.24) is 4.90 Å². The van der Waals surface area contributed by atoms with Gasteiger partial charge in [0, 0.05) is 18.7 Å². The van der Waals surface area contributed by atoms with Gasteiger partial charge in [-0.25, -0.2) is 13.6 Å². The molecule has 0 aliphatic carbocycles. The summed E-state index contributed by atoms with van der Waals surface area (Å²) in [6.45, 7) is 0.482. The van der Waals surface area contributed by atoms with Crippen LogP contribution in [-0.4, -0.2) is 36.0 Å². The number of nitrogens with zero attached hydrogens (tertiary/aromatic N) is 1. The molecule has 1 fully saturated rings. The Balaban J connectivity index is 1.22. The van der Waals surface area contributed by atoms with E-state index in [2.05, 4.69) is 5.32 Å². The lowest BCUT2D eigenvalue weighted by Gasteiger charge is -2.14. The smallest absolute Gasteiger partial charge is 0.266 e. The van der Waals surface area contributed by atoms with E-state index in [4.69, 9.17) is 22.1 Å². The molecular weight excluding hydrogens is 555 g/mol. The van der Waals surface area contributed by atoms with Gasteiger partial charge >= 0.3 is 0 Å². The predicted molar refractivity (Wildman–Crippen MR) is 158 cm³/mol. The Bertz CT molecular complexity index is 1490. The third-order valence-corrected chi connectivity index (χ3v) is 8.07. The second-order valence-electron chi connectivity index (χ2n) is 8.75. The van der Waals surface area contributed by atoms with Gasteiger partial charge in [-0.05, 0) is 73.0 Å². The summed E-state index contributed by atoms with van der Waals surface area (Å²) in [7, 11) is -3.78. The number of thiocarbonyl (C=S) groups is 1. The van der Waals surface area contributed by atoms with Crippen LogP contribution in [0.25, 0.3) is 6.08 Å². The molecule has 0 atom stereocenters. The lowest BCUT2D eigenvalue weighted by molar-refractivity contribution is -0.122. The van der Waals surface area contributed by atoms with Gasteiger partial charge in [0.2, 0.25) is 15.9 Å². The van der Waals surface area contributed by atoms with Crippen LogP contribution < -0.4 is 15.2 Å². The summed E-state index contributed by atoms with van der Waals surface area (Å²) in [6, 6.07) is 22.7. The molecule has 0 unspecified atom stereocenters. The number of hydrogen-bond donors (Lipinski definition) is 2. The van der Waals surface area contributed by atoms with Crippen molar-refractivity contribution in [2.24, 2.45) is 5.14 Å². The molecule has 2 amide bonds. The van der Waals surface area contributed by atoms with E-state index >= 15 is 0 Å². The van der Waals surface area contributed by atoms with Crippen molar-refractivity contribution >= 4 is 61.9 Å². The monoisotopic (exact) mass is 581 g/mol. The summed E-state index contributed by atoms with van der Waals surface area (Å²) in [4.78, 5) is 27.3. The molecule has 0 saturated carbocycles. The van der Waals surface area contributed by atoms with Gasteiger partial charge in [-0.1, -0.05) is 60.7 Å². The fourth-order valence-corrected chi connectivity index (χ4v) is 5.64. The molecule has 0 aromatic heterocycles. The third-order valence-electron chi connectivity index (χ3n) is 5.76. The molecule has 1 aliphatic heterocycles. The molecule has 39 heavy (non-hydrogen) atoms. The van der Waals surface area contributed by atoms with Crippen molar-refractivity contribution in [2.75, 3.05) is 11.9 Å². The molecule has 3 N–H and O–H groups in total. The SMILES string of the molecule is NS(=O)(=O)c1ccc(NC(=O)CCCCCN2C(=O)/C(=C/c3cccc(Oc4ccccc4)c3)SC2=S)cc1. The average molecular weight is 582 g/mol. The van der Waals surface area contributed by atoms with Gasteiger partial charge in [0.05, 0.1) is 9.80 Å². The quantitative estimate of drug-likeness (QED) is 0.174. The van der Waals surface area contributed by atoms with Gasteiger partial charge in [-0.15, -0.1) is 0 Å². The van der Waals surface area contributed by atoms with Crippen LogP contribution in [0.4, 0.5) is 5.69 Å². The van der Waals surface area contributed by atoms with Crippen molar-refractivity contribution in [1.29, 1.82) is 0 Å². The number of rotatable bonds is 11. The predicted octanol–water partition coefficient (Wildman–Crippen LogP) is 5.53. The maximum Gasteiger partial charge on any atom is 0.266 e. The normalized spacial score (nSPS) is 14.6. The van der Waals surface area contributed by atoms with Gasteiger partial charge in [0.1, 0.15) is 15.8 Å². The molecular formula is C28H27N3O5S3. The Hall–Kier alpha value is -3.51. The molecule has 3 aromatic rings. The van der Waals surface area contributed by atoms with Crippen molar-refractivity contribution in [3.8, 4) is 11.5 Å². The van der Waals surface area contributed by atoms with E-state index in [-0.39, 0.29) is 16.7 Å². The maximum absolute atomic E-state index is 13.0. The zero-order chi connectivity index (χ0) is 27.8. The molecule has 1 aliphatic rings. The Morgan fingerprint density at radius 3 is 2.41 bits per heavy atom. The number of benzene rings is 3. The van der Waals surface area contributed by atoms with Crippen LogP contribution in [0.3, 0.4) is 0 Å². The first-order chi connectivity index (χ1) is 18.7. The number of anilines is 1. The van der Waals surface area contributed by atoms with Crippen LogP contribution in [0.5, 0.6) is 11.5 Å². The first-order valence-electron chi connectivity index (χ1n) is 12.2. The number of primary sulfonamides is 1. The van der Waals surface area contributed by atoms with Gasteiger partial charge in [0.25, 0.3) is 5.91 Å². The van der Waals surface area contributed by atoms with Gasteiger partial charge in [0.15, 0.2) is 0 Å².